The summed E-state index contributed by atoms with van der Waals surface area (Å²) in [5.74, 6) is -2.42. The second kappa shape index (κ2) is 8.61. The zero-order valence-corrected chi connectivity index (χ0v) is 14.6. The number of phosphoric acid groups is 1. The number of aliphatic hydroxyl groups is 7. The molecule has 160 valence electrons. The van der Waals surface area contributed by atoms with Gasteiger partial charge in [0.2, 0.25) is 5.79 Å². The Balaban J connectivity index is 2.15. The molecule has 2 aliphatic heterocycles. The molecule has 2 aliphatic rings. The summed E-state index contributed by atoms with van der Waals surface area (Å²) in [6.45, 7) is -2.74. The fourth-order valence-corrected chi connectivity index (χ4v) is 3.13. The van der Waals surface area contributed by atoms with E-state index in [1.54, 1.807) is 0 Å². The molecule has 2 saturated heterocycles. The van der Waals surface area contributed by atoms with Gasteiger partial charge in [-0.05, 0) is 0 Å². The van der Waals surface area contributed by atoms with Gasteiger partial charge >= 0.3 is 7.82 Å². The summed E-state index contributed by atoms with van der Waals surface area (Å²) in [6.07, 6.45) is -13.9. The highest BCUT2D eigenvalue weighted by molar-refractivity contribution is 7.46. The van der Waals surface area contributed by atoms with Crippen molar-refractivity contribution in [2.45, 2.75) is 54.8 Å². The third-order valence-corrected chi connectivity index (χ3v) is 4.78. The minimum absolute atomic E-state index is 0.762. The molecule has 0 aromatic carbocycles. The Morgan fingerprint density at radius 3 is 2.07 bits per heavy atom. The monoisotopic (exact) mass is 422 g/mol. The molecular formula is C12H23O14P. The average molecular weight is 422 g/mol. The predicted molar refractivity (Wildman–Crippen MR) is 79.6 cm³/mol. The lowest BCUT2D eigenvalue weighted by Crippen LogP contribution is -2.62. The Kier molecular flexibility index (Phi) is 7.33. The molecule has 0 spiro atoms. The molecule has 0 radical (unpaired) electrons. The maximum Gasteiger partial charge on any atom is 0.469 e. The van der Waals surface area contributed by atoms with Crippen LogP contribution < -0.4 is 0 Å². The zero-order valence-electron chi connectivity index (χ0n) is 13.8. The van der Waals surface area contributed by atoms with Gasteiger partial charge in [-0.15, -0.1) is 0 Å². The fourth-order valence-electron chi connectivity index (χ4n) is 2.79. The Morgan fingerprint density at radius 1 is 0.926 bits per heavy atom. The molecular weight excluding hydrogens is 399 g/mol. The van der Waals surface area contributed by atoms with Crippen molar-refractivity contribution in [1.29, 1.82) is 0 Å². The van der Waals surface area contributed by atoms with Crippen molar-refractivity contribution in [3.8, 4) is 0 Å². The Labute approximate surface area is 152 Å². The Bertz CT molecular complexity index is 540. The highest BCUT2D eigenvalue weighted by Gasteiger charge is 2.58. The normalized spacial score (nSPS) is 46.0. The van der Waals surface area contributed by atoms with Crippen molar-refractivity contribution in [3.63, 3.8) is 0 Å². The van der Waals surface area contributed by atoms with Crippen molar-refractivity contribution in [2.24, 2.45) is 0 Å². The minimum Gasteiger partial charge on any atom is -0.394 e. The maximum atomic E-state index is 10.8. The number of rotatable bonds is 7. The number of hydrogen-bond acceptors (Lipinski definition) is 12. The molecule has 0 aromatic heterocycles. The lowest BCUT2D eigenvalue weighted by Gasteiger charge is -2.43. The lowest BCUT2D eigenvalue weighted by atomic mass is 9.99. The summed E-state index contributed by atoms with van der Waals surface area (Å²) in [6, 6.07) is 0. The number of aliphatic hydroxyl groups excluding tert-OH is 7. The van der Waals surface area contributed by atoms with E-state index >= 15 is 0 Å². The van der Waals surface area contributed by atoms with Gasteiger partial charge in [0.05, 0.1) is 13.2 Å². The van der Waals surface area contributed by atoms with E-state index in [-0.39, 0.29) is 0 Å². The topological polar surface area (TPSA) is 236 Å². The molecule has 1 unspecified atom stereocenters. The molecule has 2 heterocycles. The second-order valence-corrected chi connectivity index (χ2v) is 7.40. The first kappa shape index (κ1) is 23.0. The van der Waals surface area contributed by atoms with Crippen LogP contribution in [0.2, 0.25) is 0 Å². The summed E-state index contributed by atoms with van der Waals surface area (Å²) >= 11 is 0. The van der Waals surface area contributed by atoms with Gasteiger partial charge < -0.3 is 59.7 Å². The Hall–Kier alpha value is -0.290. The quantitative estimate of drug-likeness (QED) is 0.174. The molecule has 9 N–H and O–H groups in total. The molecule has 9 atom stereocenters. The van der Waals surface area contributed by atoms with Crippen LogP contribution in [-0.4, -0.2) is 120 Å². The fraction of sp³-hybridized carbons (Fsp3) is 1.00. The standard InChI is InChI=1S/C12H23O14P/c13-1-4-6(15)8(17)9(18)11(24-4)26-12(3-14)10(19)7(16)5(25-12)2-23-27(20,21)22/h4-11,13-19H,1-3H2,(H2,20,21,22)/t4?,5-,6+,7-,8+,9-,10+,11-,12+/m1/s1. The van der Waals surface area contributed by atoms with Crippen molar-refractivity contribution in [2.75, 3.05) is 19.8 Å². The van der Waals surface area contributed by atoms with Crippen molar-refractivity contribution in [3.05, 3.63) is 0 Å². The van der Waals surface area contributed by atoms with E-state index in [4.69, 9.17) is 29.1 Å². The first-order valence-corrected chi connectivity index (χ1v) is 9.32. The van der Waals surface area contributed by atoms with E-state index in [9.17, 15) is 35.2 Å². The summed E-state index contributed by atoms with van der Waals surface area (Å²) in [7, 11) is -4.92. The van der Waals surface area contributed by atoms with E-state index < -0.39 is 82.4 Å². The van der Waals surface area contributed by atoms with Gasteiger partial charge in [-0.2, -0.15) is 0 Å². The van der Waals surface area contributed by atoms with Gasteiger partial charge in [-0.25, -0.2) is 4.57 Å². The third kappa shape index (κ3) is 4.83. The predicted octanol–water partition coefficient (Wildman–Crippen LogP) is -5.28. The molecule has 0 bridgehead atoms. The summed E-state index contributed by atoms with van der Waals surface area (Å²) < 4.78 is 30.4. The second-order valence-electron chi connectivity index (χ2n) is 6.16. The van der Waals surface area contributed by atoms with Crippen molar-refractivity contribution in [1.82, 2.24) is 0 Å². The van der Waals surface area contributed by atoms with Crippen LogP contribution >= 0.6 is 7.82 Å². The third-order valence-electron chi connectivity index (χ3n) is 4.30. The van der Waals surface area contributed by atoms with Crippen LogP contribution in [0.1, 0.15) is 0 Å². The largest absolute Gasteiger partial charge is 0.469 e. The van der Waals surface area contributed by atoms with Gasteiger partial charge in [0.1, 0.15) is 49.3 Å². The van der Waals surface area contributed by atoms with E-state index in [1.165, 1.54) is 0 Å². The first-order valence-electron chi connectivity index (χ1n) is 7.79. The van der Waals surface area contributed by atoms with E-state index in [0.717, 1.165) is 0 Å². The molecule has 14 nitrogen and oxygen atoms in total. The van der Waals surface area contributed by atoms with E-state index in [0.29, 0.717) is 0 Å². The van der Waals surface area contributed by atoms with Gasteiger partial charge in [0.15, 0.2) is 6.29 Å². The maximum absolute atomic E-state index is 10.8. The van der Waals surface area contributed by atoms with Crippen molar-refractivity contribution < 1.29 is 68.8 Å². The van der Waals surface area contributed by atoms with Gasteiger partial charge in [0, 0.05) is 0 Å². The molecule has 0 saturated carbocycles. The van der Waals surface area contributed by atoms with Crippen molar-refractivity contribution >= 4 is 7.82 Å². The number of hydrogen-bond donors (Lipinski definition) is 9. The molecule has 27 heavy (non-hydrogen) atoms. The van der Waals surface area contributed by atoms with Gasteiger partial charge in [0.25, 0.3) is 0 Å². The van der Waals surface area contributed by atoms with Crippen LogP contribution in [0.25, 0.3) is 0 Å². The highest BCUT2D eigenvalue weighted by atomic mass is 31.2. The van der Waals surface area contributed by atoms with Crippen LogP contribution in [0.4, 0.5) is 0 Å². The van der Waals surface area contributed by atoms with E-state index in [1.807, 2.05) is 0 Å². The van der Waals surface area contributed by atoms with Crippen LogP contribution in [0.3, 0.4) is 0 Å². The SMILES string of the molecule is O=P(O)(O)OC[C@H]1O[C@@](CO)(O[C@H]2OC(CO)[C@H](O)[C@H](O)[C@H]2O)[C@@H](O)[C@@H]1O. The molecule has 0 aliphatic carbocycles. The highest BCUT2D eigenvalue weighted by Crippen LogP contribution is 2.40. The average Bonchev–Trinajstić information content (AvgIpc) is 2.85. The molecule has 0 amide bonds. The molecule has 15 heteroatoms. The number of phosphoric ester groups is 1. The van der Waals surface area contributed by atoms with Gasteiger partial charge in [-0.1, -0.05) is 0 Å². The lowest BCUT2D eigenvalue weighted by molar-refractivity contribution is -0.383. The molecule has 2 fully saturated rings. The van der Waals surface area contributed by atoms with Crippen LogP contribution in [0.15, 0.2) is 0 Å². The summed E-state index contributed by atoms with van der Waals surface area (Å²) in [4.78, 5) is 17.4. The minimum atomic E-state index is -4.92. The van der Waals surface area contributed by atoms with Crippen LogP contribution in [0, 0.1) is 0 Å². The molecule has 0 aromatic rings. The summed E-state index contributed by atoms with van der Waals surface area (Å²) in [5.41, 5.74) is 0. The first-order chi connectivity index (χ1) is 12.5. The van der Waals surface area contributed by atoms with Gasteiger partial charge in [-0.3, -0.25) is 4.52 Å². The smallest absolute Gasteiger partial charge is 0.394 e. The number of ether oxygens (including phenoxy) is 3. The van der Waals surface area contributed by atoms with E-state index in [2.05, 4.69) is 4.52 Å². The van der Waals surface area contributed by atoms with Crippen LogP contribution in [-0.2, 0) is 23.3 Å². The Morgan fingerprint density at radius 2 is 1.56 bits per heavy atom. The van der Waals surface area contributed by atoms with Crippen LogP contribution in [0.5, 0.6) is 0 Å². The zero-order chi connectivity index (χ0) is 20.6. The molecule has 2 rings (SSSR count). The summed E-state index contributed by atoms with van der Waals surface area (Å²) in [5, 5.41) is 68.3.